The van der Waals surface area contributed by atoms with Crippen LogP contribution in [0.2, 0.25) is 88.9 Å². The summed E-state index contributed by atoms with van der Waals surface area (Å²) in [6, 6.07) is 0. The first-order valence-corrected chi connectivity index (χ1v) is 34.0. The van der Waals surface area contributed by atoms with Gasteiger partial charge < -0.3 is 0 Å². The topological polar surface area (TPSA) is 31.2 Å². The van der Waals surface area contributed by atoms with Gasteiger partial charge in [0.05, 0.1) is 32.3 Å². The zero-order chi connectivity index (χ0) is 35.9. The molecular weight excluding hydrogens is 629 g/mol. The number of allylic oxidation sites excluding steroid dienone is 2. The molecule has 45 heavy (non-hydrogen) atoms. The molecule has 2 aliphatic heterocycles. The summed E-state index contributed by atoms with van der Waals surface area (Å²) in [5.41, 5.74) is 11.1. The lowest BCUT2D eigenvalue weighted by atomic mass is 9.90. The fourth-order valence-corrected chi connectivity index (χ4v) is 31.6. The lowest BCUT2D eigenvalue weighted by molar-refractivity contribution is 0.319. The van der Waals surface area contributed by atoms with Crippen molar-refractivity contribution in [2.75, 3.05) is 0 Å². The van der Waals surface area contributed by atoms with Crippen molar-refractivity contribution in [3.05, 3.63) is 22.8 Å². The number of rotatable bonds is 6. The standard InChI is InChI=1S/C36H76N4Si5/c1-33(2,3)27(25-41(13,14)15)39-37-29(35(7,8)9)31(43(19,20)21)45(39)32(44(22,23)24)30(36(10,11)12)38-40(45)28(34(4,5)6)26-42(16,17)18/h25-26,31-32H,1-24H3/b27-25-,28-26?. The third-order valence-electron chi connectivity index (χ3n) is 8.89. The van der Waals surface area contributed by atoms with Gasteiger partial charge in [-0.1, -0.05) is 173 Å². The first-order chi connectivity index (χ1) is 19.4. The van der Waals surface area contributed by atoms with Gasteiger partial charge in [0.25, 0.3) is 0 Å². The van der Waals surface area contributed by atoms with Crippen LogP contribution in [0.1, 0.15) is 83.1 Å². The molecule has 4 nitrogen and oxygen atoms in total. The van der Waals surface area contributed by atoms with Crippen molar-refractivity contribution in [1.29, 1.82) is 0 Å². The third-order valence-corrected chi connectivity index (χ3v) is 27.2. The number of hydrogen-bond donors (Lipinski definition) is 0. The summed E-state index contributed by atoms with van der Waals surface area (Å²) < 4.78 is 5.59. The molecule has 0 amide bonds. The SMILES string of the molecule is CC(C)(C)C(=C[Si](C)(C)C)N1N=C(C(C)(C)C)C([Si](C)(C)C)[Si]12C([Si](C)(C)C)C(C(C)(C)C)=NN2/C(=C\[Si](C)(C)C)C(C)(C)C. The molecule has 2 heterocycles. The molecule has 9 heteroatoms. The Morgan fingerprint density at radius 2 is 0.756 bits per heavy atom. The van der Waals surface area contributed by atoms with E-state index in [1.807, 2.05) is 0 Å². The molecule has 0 aliphatic carbocycles. The van der Waals surface area contributed by atoms with E-state index in [4.69, 9.17) is 10.2 Å². The minimum Gasteiger partial charge on any atom is -0.274 e. The molecule has 0 aromatic heterocycles. The smallest absolute Gasteiger partial charge is 0.274 e. The van der Waals surface area contributed by atoms with E-state index in [1.54, 1.807) is 0 Å². The second-order valence-corrected chi connectivity index (χ2v) is 48.1. The summed E-state index contributed by atoms with van der Waals surface area (Å²) in [6.45, 7) is 60.1. The average Bonchev–Trinajstić information content (AvgIpc) is 3.24. The van der Waals surface area contributed by atoms with Gasteiger partial charge in [-0.2, -0.15) is 10.2 Å². The lowest BCUT2D eigenvalue weighted by Gasteiger charge is -2.55. The van der Waals surface area contributed by atoms with Gasteiger partial charge in [0.15, 0.2) is 0 Å². The van der Waals surface area contributed by atoms with E-state index < -0.39 is 40.7 Å². The zero-order valence-corrected chi connectivity index (χ0v) is 39.6. The Morgan fingerprint density at radius 3 is 0.911 bits per heavy atom. The molecule has 0 saturated heterocycles. The lowest BCUT2D eigenvalue weighted by Crippen LogP contribution is -2.72. The number of hydrazone groups is 2. The van der Waals surface area contributed by atoms with Crippen LogP contribution in [0.25, 0.3) is 0 Å². The van der Waals surface area contributed by atoms with Crippen molar-refractivity contribution in [1.82, 2.24) is 9.35 Å². The van der Waals surface area contributed by atoms with Crippen LogP contribution in [-0.4, -0.2) is 61.5 Å². The molecule has 0 aromatic rings. The maximum atomic E-state index is 6.08. The highest BCUT2D eigenvalue weighted by atomic mass is 28.4. The van der Waals surface area contributed by atoms with Crippen LogP contribution in [0.5, 0.6) is 0 Å². The summed E-state index contributed by atoms with van der Waals surface area (Å²) >= 11 is 0. The maximum Gasteiger partial charge on any atom is 0.321 e. The Morgan fingerprint density at radius 1 is 0.511 bits per heavy atom. The van der Waals surface area contributed by atoms with Crippen LogP contribution in [0, 0.1) is 21.7 Å². The Kier molecular flexibility index (Phi) is 10.7. The van der Waals surface area contributed by atoms with Gasteiger partial charge in [-0.15, -0.1) is 0 Å². The van der Waals surface area contributed by atoms with Crippen LogP contribution < -0.4 is 0 Å². The minimum absolute atomic E-state index is 0.0353. The average molecular weight is 705 g/mol. The molecule has 0 radical (unpaired) electrons. The second-order valence-electron chi connectivity index (χ2n) is 22.8. The van der Waals surface area contributed by atoms with Crippen molar-refractivity contribution in [2.24, 2.45) is 31.9 Å². The van der Waals surface area contributed by atoms with Crippen molar-refractivity contribution in [2.45, 2.75) is 172 Å². The van der Waals surface area contributed by atoms with E-state index in [2.05, 4.69) is 182 Å². The third kappa shape index (κ3) is 8.57. The monoisotopic (exact) mass is 704 g/mol. The van der Waals surface area contributed by atoms with Gasteiger partial charge in [0.2, 0.25) is 0 Å². The van der Waals surface area contributed by atoms with E-state index in [-0.39, 0.29) is 21.7 Å². The van der Waals surface area contributed by atoms with Gasteiger partial charge in [-0.3, -0.25) is 9.35 Å². The summed E-state index contributed by atoms with van der Waals surface area (Å²) in [4.78, 5) is 0. The Hall–Kier alpha value is -0.496. The molecule has 0 aromatic carbocycles. The molecule has 0 N–H and O–H groups in total. The molecule has 0 fully saturated rings. The molecule has 2 aliphatic rings. The van der Waals surface area contributed by atoms with Gasteiger partial charge in [0, 0.05) is 54.8 Å². The molecule has 260 valence electrons. The van der Waals surface area contributed by atoms with Crippen LogP contribution in [0.15, 0.2) is 33.0 Å². The van der Waals surface area contributed by atoms with Gasteiger partial charge in [-0.25, -0.2) is 0 Å². The summed E-state index contributed by atoms with van der Waals surface area (Å²) in [5, 5.41) is 13.0. The minimum atomic E-state index is -2.86. The number of hydrogen-bond acceptors (Lipinski definition) is 4. The predicted molar refractivity (Wildman–Crippen MR) is 219 cm³/mol. The Bertz CT molecular complexity index is 1140. The van der Waals surface area contributed by atoms with Crippen LogP contribution in [0.4, 0.5) is 0 Å². The largest absolute Gasteiger partial charge is 0.321 e. The van der Waals surface area contributed by atoms with Crippen molar-refractivity contribution in [3.8, 4) is 0 Å². The Labute approximate surface area is 286 Å². The summed E-state index contributed by atoms with van der Waals surface area (Å²) in [6.07, 6.45) is 0. The van der Waals surface area contributed by atoms with Gasteiger partial charge >= 0.3 is 8.40 Å². The maximum absolute atomic E-state index is 6.08. The van der Waals surface area contributed by atoms with E-state index in [0.717, 1.165) is 0 Å². The highest BCUT2D eigenvalue weighted by Crippen LogP contribution is 2.62. The summed E-state index contributed by atoms with van der Waals surface area (Å²) in [7, 11) is -9.91. The van der Waals surface area contributed by atoms with Gasteiger partial charge in [-0.05, 0) is 0 Å². The Balaban J connectivity index is 3.53. The molecule has 2 rings (SSSR count). The first-order valence-electron chi connectivity index (χ1n) is 17.6. The molecule has 1 spiro atoms. The van der Waals surface area contributed by atoms with Crippen molar-refractivity contribution < 1.29 is 0 Å². The van der Waals surface area contributed by atoms with Crippen molar-refractivity contribution >= 4 is 52.1 Å². The summed E-state index contributed by atoms with van der Waals surface area (Å²) in [5.74, 6) is 0. The highest BCUT2D eigenvalue weighted by Gasteiger charge is 2.75. The van der Waals surface area contributed by atoms with E-state index >= 15 is 0 Å². The fourth-order valence-electron chi connectivity index (χ4n) is 7.40. The van der Waals surface area contributed by atoms with Crippen LogP contribution in [0.3, 0.4) is 0 Å². The quantitative estimate of drug-likeness (QED) is 0.258. The molecule has 0 bridgehead atoms. The fraction of sp³-hybridized carbons (Fsp3) is 0.833. The van der Waals surface area contributed by atoms with Crippen molar-refractivity contribution in [3.63, 3.8) is 0 Å². The molecule has 3 unspecified atom stereocenters. The normalized spacial score (nSPS) is 25.4. The van der Waals surface area contributed by atoms with Crippen LogP contribution >= 0.6 is 0 Å². The van der Waals surface area contributed by atoms with E-state index in [0.29, 0.717) is 10.3 Å². The van der Waals surface area contributed by atoms with Gasteiger partial charge in [0.1, 0.15) is 0 Å². The predicted octanol–water partition coefficient (Wildman–Crippen LogP) is 12.0. The number of nitrogens with zero attached hydrogens (tertiary/aromatic N) is 4. The van der Waals surface area contributed by atoms with E-state index in [1.165, 1.54) is 22.8 Å². The second kappa shape index (κ2) is 11.8. The highest BCUT2D eigenvalue weighted by molar-refractivity contribution is 7.10. The molecule has 0 saturated carbocycles. The van der Waals surface area contributed by atoms with E-state index in [9.17, 15) is 0 Å². The molecule has 3 atom stereocenters. The molecular formula is C36H76N4Si5. The zero-order valence-electron chi connectivity index (χ0n) is 34.6. The first kappa shape index (κ1) is 40.7. The van der Waals surface area contributed by atoms with Crippen LogP contribution in [-0.2, 0) is 0 Å².